The minimum absolute atomic E-state index is 0.0946. The van der Waals surface area contributed by atoms with Crippen LogP contribution < -0.4 is 5.73 Å². The number of ether oxygens (including phenoxy) is 1. The molecule has 0 saturated heterocycles. The van der Waals surface area contributed by atoms with Gasteiger partial charge in [-0.05, 0) is 12.0 Å². The molecule has 0 radical (unpaired) electrons. The second-order valence-electron chi connectivity index (χ2n) is 4.58. The van der Waals surface area contributed by atoms with Crippen LogP contribution in [-0.2, 0) is 14.3 Å². The smallest absolute Gasteiger partial charge is 0.325 e. The first-order valence-corrected chi connectivity index (χ1v) is 7.12. The van der Waals surface area contributed by atoms with Crippen LogP contribution in [0.15, 0.2) is 30.3 Å². The molecule has 0 saturated carbocycles. The van der Waals surface area contributed by atoms with Gasteiger partial charge in [-0.15, -0.1) is 0 Å². The quantitative estimate of drug-likeness (QED) is 0.610. The summed E-state index contributed by atoms with van der Waals surface area (Å²) in [6, 6.07) is 9.08. The maximum atomic E-state index is 12.7. The first kappa shape index (κ1) is 17.1. The van der Waals surface area contributed by atoms with Crippen molar-refractivity contribution < 1.29 is 14.3 Å². The van der Waals surface area contributed by atoms with Crippen molar-refractivity contribution in [1.82, 2.24) is 4.90 Å². The van der Waals surface area contributed by atoms with E-state index in [1.807, 2.05) is 25.1 Å². The number of nitrogens with two attached hydrogens (primary N) is 1. The van der Waals surface area contributed by atoms with E-state index in [4.69, 9.17) is 18.0 Å². The number of thiocarbonyl (C=S) groups is 1. The number of benzene rings is 1. The Balaban J connectivity index is 3.02. The Bertz CT molecular complexity index is 505. The van der Waals surface area contributed by atoms with Crippen LogP contribution >= 0.6 is 12.2 Å². The van der Waals surface area contributed by atoms with E-state index in [1.54, 1.807) is 12.1 Å². The third kappa shape index (κ3) is 4.82. The molecule has 1 aromatic rings. The van der Waals surface area contributed by atoms with Gasteiger partial charge in [-0.3, -0.25) is 9.59 Å². The highest BCUT2D eigenvalue weighted by molar-refractivity contribution is 7.80. The van der Waals surface area contributed by atoms with Crippen LogP contribution in [0.3, 0.4) is 0 Å². The Morgan fingerprint density at radius 1 is 1.33 bits per heavy atom. The zero-order chi connectivity index (χ0) is 15.8. The second kappa shape index (κ2) is 8.36. The second-order valence-corrected chi connectivity index (χ2v) is 5.05. The topological polar surface area (TPSA) is 72.6 Å². The lowest BCUT2D eigenvalue weighted by Gasteiger charge is -2.26. The third-order valence-corrected chi connectivity index (χ3v) is 3.25. The summed E-state index contributed by atoms with van der Waals surface area (Å²) >= 11 is 5.03. The highest BCUT2D eigenvalue weighted by Crippen LogP contribution is 2.19. The Morgan fingerprint density at radius 3 is 2.43 bits per heavy atom. The molecule has 0 fully saturated rings. The van der Waals surface area contributed by atoms with Crippen LogP contribution in [0.2, 0.25) is 0 Å². The predicted molar refractivity (Wildman–Crippen MR) is 84.9 cm³/mol. The number of methoxy groups -OCH3 is 1. The minimum atomic E-state index is -0.725. The summed E-state index contributed by atoms with van der Waals surface area (Å²) in [6.07, 6.45) is 0.724. The van der Waals surface area contributed by atoms with Crippen molar-refractivity contribution in [3.05, 3.63) is 35.9 Å². The molecular formula is C15H20N2O3S. The lowest BCUT2D eigenvalue weighted by atomic mass is 9.97. The molecule has 1 rings (SSSR count). The molecule has 0 aliphatic carbocycles. The van der Waals surface area contributed by atoms with Crippen molar-refractivity contribution in [2.75, 3.05) is 20.2 Å². The molecule has 0 spiro atoms. The largest absolute Gasteiger partial charge is 0.468 e. The monoisotopic (exact) mass is 308 g/mol. The van der Waals surface area contributed by atoms with E-state index < -0.39 is 11.9 Å². The van der Waals surface area contributed by atoms with Gasteiger partial charge in [-0.25, -0.2) is 0 Å². The van der Waals surface area contributed by atoms with Crippen LogP contribution in [-0.4, -0.2) is 42.0 Å². The first-order chi connectivity index (χ1) is 10.0. The van der Waals surface area contributed by atoms with E-state index in [1.165, 1.54) is 12.0 Å². The molecule has 0 bridgehead atoms. The normalized spacial score (nSPS) is 11.5. The summed E-state index contributed by atoms with van der Waals surface area (Å²) in [5.41, 5.74) is 6.46. The molecule has 1 amide bonds. The van der Waals surface area contributed by atoms with Crippen LogP contribution in [0.5, 0.6) is 0 Å². The van der Waals surface area contributed by atoms with Crippen molar-refractivity contribution in [3.8, 4) is 0 Å². The molecule has 0 aromatic heterocycles. The van der Waals surface area contributed by atoms with Gasteiger partial charge >= 0.3 is 5.97 Å². The lowest BCUT2D eigenvalue weighted by Crippen LogP contribution is -2.43. The van der Waals surface area contributed by atoms with Gasteiger partial charge in [0.2, 0.25) is 5.91 Å². The molecular weight excluding hydrogens is 288 g/mol. The zero-order valence-electron chi connectivity index (χ0n) is 12.2. The number of carbonyl (C=O) groups excluding carboxylic acids is 2. The lowest BCUT2D eigenvalue weighted by molar-refractivity contribution is -0.147. The Hall–Kier alpha value is -1.95. The first-order valence-electron chi connectivity index (χ1n) is 6.71. The van der Waals surface area contributed by atoms with Gasteiger partial charge in [-0.2, -0.15) is 0 Å². The van der Waals surface area contributed by atoms with E-state index in [0.29, 0.717) is 6.54 Å². The maximum absolute atomic E-state index is 12.7. The van der Waals surface area contributed by atoms with Crippen molar-refractivity contribution in [2.24, 2.45) is 5.73 Å². The van der Waals surface area contributed by atoms with Crippen LogP contribution in [0.25, 0.3) is 0 Å². The standard InChI is InChI=1S/C15H20N2O3S/c1-3-9-17(10-12(18)20-2)15(19)13(14(16)21)11-7-5-4-6-8-11/h4-8,13H,3,9-10H2,1-2H3,(H2,16,21). The summed E-state index contributed by atoms with van der Waals surface area (Å²) < 4.78 is 4.63. The minimum Gasteiger partial charge on any atom is -0.468 e. The van der Waals surface area contributed by atoms with Gasteiger partial charge in [0.25, 0.3) is 0 Å². The molecule has 5 nitrogen and oxygen atoms in total. The van der Waals surface area contributed by atoms with Gasteiger partial charge in [0.15, 0.2) is 0 Å². The van der Waals surface area contributed by atoms with Gasteiger partial charge in [-0.1, -0.05) is 49.5 Å². The van der Waals surface area contributed by atoms with Crippen molar-refractivity contribution in [3.63, 3.8) is 0 Å². The van der Waals surface area contributed by atoms with Crippen molar-refractivity contribution in [1.29, 1.82) is 0 Å². The third-order valence-electron chi connectivity index (χ3n) is 3.02. The fourth-order valence-electron chi connectivity index (χ4n) is 2.01. The molecule has 0 aliphatic rings. The Labute approximate surface area is 130 Å². The number of hydrogen-bond donors (Lipinski definition) is 1. The molecule has 0 heterocycles. The fraction of sp³-hybridized carbons (Fsp3) is 0.400. The fourth-order valence-corrected chi connectivity index (χ4v) is 2.25. The number of amides is 1. The van der Waals surface area contributed by atoms with E-state index >= 15 is 0 Å². The average molecular weight is 308 g/mol. The molecule has 1 atom stereocenters. The Morgan fingerprint density at radius 2 is 1.95 bits per heavy atom. The summed E-state index contributed by atoms with van der Waals surface area (Å²) in [5.74, 6) is -1.47. The highest BCUT2D eigenvalue weighted by Gasteiger charge is 2.29. The SMILES string of the molecule is CCCN(CC(=O)OC)C(=O)C(C(N)=S)c1ccccc1. The van der Waals surface area contributed by atoms with E-state index in [9.17, 15) is 9.59 Å². The number of hydrogen-bond acceptors (Lipinski definition) is 4. The zero-order valence-corrected chi connectivity index (χ0v) is 13.1. The molecule has 114 valence electrons. The molecule has 1 aromatic carbocycles. The number of carbonyl (C=O) groups is 2. The van der Waals surface area contributed by atoms with Gasteiger partial charge in [0, 0.05) is 6.54 Å². The summed E-state index contributed by atoms with van der Waals surface area (Å²) in [5, 5.41) is 0. The van der Waals surface area contributed by atoms with Crippen molar-refractivity contribution >= 4 is 29.1 Å². The van der Waals surface area contributed by atoms with Gasteiger partial charge in [0.05, 0.1) is 12.1 Å². The van der Waals surface area contributed by atoms with Crippen LogP contribution in [0, 0.1) is 0 Å². The predicted octanol–water partition coefficient (Wildman–Crippen LogP) is 1.47. The molecule has 2 N–H and O–H groups in total. The van der Waals surface area contributed by atoms with Gasteiger partial charge in [0.1, 0.15) is 12.5 Å². The van der Waals surface area contributed by atoms with Crippen LogP contribution in [0.1, 0.15) is 24.8 Å². The molecule has 0 aliphatic heterocycles. The molecule has 6 heteroatoms. The number of nitrogens with zero attached hydrogens (tertiary/aromatic N) is 1. The number of rotatable bonds is 7. The van der Waals surface area contributed by atoms with E-state index in [0.717, 1.165) is 12.0 Å². The summed E-state index contributed by atoms with van der Waals surface area (Å²) in [6.45, 7) is 2.27. The van der Waals surface area contributed by atoms with Crippen molar-refractivity contribution in [2.45, 2.75) is 19.3 Å². The van der Waals surface area contributed by atoms with Crippen LogP contribution in [0.4, 0.5) is 0 Å². The summed E-state index contributed by atoms with van der Waals surface area (Å²) in [7, 11) is 1.29. The van der Waals surface area contributed by atoms with E-state index in [-0.39, 0.29) is 17.4 Å². The molecule has 1 unspecified atom stereocenters. The maximum Gasteiger partial charge on any atom is 0.325 e. The summed E-state index contributed by atoms with van der Waals surface area (Å²) in [4.78, 5) is 25.7. The van der Waals surface area contributed by atoms with Gasteiger partial charge < -0.3 is 15.4 Å². The Kier molecular flexibility index (Phi) is 6.81. The number of esters is 1. The average Bonchev–Trinajstić information content (AvgIpc) is 2.47. The van der Waals surface area contributed by atoms with E-state index in [2.05, 4.69) is 4.74 Å². The molecule has 21 heavy (non-hydrogen) atoms. The highest BCUT2D eigenvalue weighted by atomic mass is 32.1.